The molecule has 4 rings (SSSR count). The quantitative estimate of drug-likeness (QED) is 0.422. The predicted octanol–water partition coefficient (Wildman–Crippen LogP) is 6.49. The van der Waals surface area contributed by atoms with Crippen LogP contribution in [0.25, 0.3) is 11.1 Å². The molecule has 2 aromatic carbocycles. The topological polar surface area (TPSA) is 55.4 Å². The van der Waals surface area contributed by atoms with Crippen LogP contribution in [0.5, 0.6) is 0 Å². The number of nitrogens with one attached hydrogen (secondary N) is 1. The Labute approximate surface area is 188 Å². The summed E-state index contributed by atoms with van der Waals surface area (Å²) < 4.78 is 6.14. The summed E-state index contributed by atoms with van der Waals surface area (Å²) in [6, 6.07) is 13.6. The molecule has 0 radical (unpaired) electrons. The van der Waals surface area contributed by atoms with Crippen molar-refractivity contribution < 1.29 is 14.3 Å². The van der Waals surface area contributed by atoms with Gasteiger partial charge in [0.25, 0.3) is 5.91 Å². The van der Waals surface area contributed by atoms with Gasteiger partial charge in [-0.3, -0.25) is 4.79 Å². The summed E-state index contributed by atoms with van der Waals surface area (Å²) in [4.78, 5) is 25.6. The zero-order valence-electron chi connectivity index (χ0n) is 16.7. The number of halogens is 1. The molecule has 0 atom stereocenters. The third-order valence-corrected chi connectivity index (χ3v) is 6.63. The van der Waals surface area contributed by atoms with Crippen LogP contribution in [-0.4, -0.2) is 18.5 Å². The van der Waals surface area contributed by atoms with Crippen LogP contribution in [0, 0.1) is 0 Å². The maximum Gasteiger partial charge on any atom is 0.341 e. The van der Waals surface area contributed by atoms with Gasteiger partial charge in [-0.05, 0) is 67.5 Å². The number of esters is 1. The zero-order valence-corrected chi connectivity index (χ0v) is 19.1. The number of benzene rings is 2. The smallest absolute Gasteiger partial charge is 0.341 e. The number of carbonyl (C=O) groups excluding carboxylic acids is 2. The van der Waals surface area contributed by atoms with Crippen molar-refractivity contribution in [1.82, 2.24) is 0 Å². The van der Waals surface area contributed by atoms with Crippen molar-refractivity contribution in [2.75, 3.05) is 11.9 Å². The summed E-state index contributed by atoms with van der Waals surface area (Å²) in [5, 5.41) is 5.33. The highest BCUT2D eigenvalue weighted by atomic mass is 79.9. The lowest BCUT2D eigenvalue weighted by Gasteiger charge is -2.17. The Hall–Kier alpha value is -2.44. The van der Waals surface area contributed by atoms with Crippen LogP contribution in [0.3, 0.4) is 0 Å². The second kappa shape index (κ2) is 9.14. The number of carbonyl (C=O) groups is 2. The normalized spacial score (nSPS) is 12.9. The molecule has 1 aliphatic rings. The van der Waals surface area contributed by atoms with Gasteiger partial charge >= 0.3 is 5.97 Å². The van der Waals surface area contributed by atoms with E-state index in [2.05, 4.69) is 39.4 Å². The molecule has 4 nitrogen and oxygen atoms in total. The van der Waals surface area contributed by atoms with Gasteiger partial charge in [0.05, 0.1) is 6.61 Å². The van der Waals surface area contributed by atoms with Gasteiger partial charge in [-0.15, -0.1) is 11.3 Å². The molecule has 1 heterocycles. The first-order chi connectivity index (χ1) is 14.6. The molecule has 0 spiro atoms. The maximum atomic E-state index is 12.8. The average molecular weight is 484 g/mol. The Morgan fingerprint density at radius 1 is 1.10 bits per heavy atom. The Bertz CT molecular complexity index is 1110. The zero-order chi connectivity index (χ0) is 21.1. The van der Waals surface area contributed by atoms with Crippen molar-refractivity contribution in [3.8, 4) is 11.1 Å². The lowest BCUT2D eigenvalue weighted by atomic mass is 9.89. The summed E-state index contributed by atoms with van der Waals surface area (Å²) in [5.41, 5.74) is 5.46. The van der Waals surface area contributed by atoms with Gasteiger partial charge in [-0.1, -0.05) is 40.2 Å². The number of aryl methyl sites for hydroxylation is 2. The van der Waals surface area contributed by atoms with Crippen molar-refractivity contribution in [3.05, 3.63) is 74.6 Å². The fourth-order valence-electron chi connectivity index (χ4n) is 3.77. The standard InChI is InChI=1S/C24H22BrNO3S/c1-2-29-24(28)21-20(17-11-10-15-6-3-4-7-16(15)12-17)14-30-23(21)26-22(27)18-8-5-9-19(25)13-18/h5,8-14H,2-4,6-7H2,1H3,(H,26,27). The largest absolute Gasteiger partial charge is 0.462 e. The van der Waals surface area contributed by atoms with Gasteiger partial charge in [-0.25, -0.2) is 4.79 Å². The molecule has 30 heavy (non-hydrogen) atoms. The van der Waals surface area contributed by atoms with Crippen molar-refractivity contribution in [2.45, 2.75) is 32.6 Å². The summed E-state index contributed by atoms with van der Waals surface area (Å²) in [6.07, 6.45) is 4.59. The fourth-order valence-corrected chi connectivity index (χ4v) is 5.13. The molecular formula is C24H22BrNO3S. The van der Waals surface area contributed by atoms with Crippen LogP contribution in [0.2, 0.25) is 0 Å². The van der Waals surface area contributed by atoms with E-state index in [1.54, 1.807) is 25.1 Å². The number of ether oxygens (including phenoxy) is 1. The van der Waals surface area contributed by atoms with E-state index in [1.807, 2.05) is 11.4 Å². The molecule has 1 aromatic heterocycles. The molecule has 0 saturated carbocycles. The first-order valence-electron chi connectivity index (χ1n) is 10.0. The van der Waals surface area contributed by atoms with Crippen molar-refractivity contribution >= 4 is 44.1 Å². The fraction of sp³-hybridized carbons (Fsp3) is 0.250. The molecule has 0 unspecified atom stereocenters. The van der Waals surface area contributed by atoms with Gasteiger partial charge in [0.15, 0.2) is 0 Å². The van der Waals surface area contributed by atoms with Gasteiger partial charge in [-0.2, -0.15) is 0 Å². The molecule has 1 aliphatic carbocycles. The minimum atomic E-state index is -0.420. The summed E-state index contributed by atoms with van der Waals surface area (Å²) >= 11 is 4.73. The van der Waals surface area contributed by atoms with Crippen LogP contribution in [0.4, 0.5) is 5.00 Å². The molecule has 0 bridgehead atoms. The highest BCUT2D eigenvalue weighted by Gasteiger charge is 2.24. The number of hydrogen-bond donors (Lipinski definition) is 1. The highest BCUT2D eigenvalue weighted by molar-refractivity contribution is 9.10. The third kappa shape index (κ3) is 4.35. The Balaban J connectivity index is 1.71. The van der Waals surface area contributed by atoms with E-state index in [4.69, 9.17) is 4.74 Å². The van der Waals surface area contributed by atoms with Crippen LogP contribution in [0.15, 0.2) is 52.3 Å². The van der Waals surface area contributed by atoms with E-state index in [-0.39, 0.29) is 12.5 Å². The van der Waals surface area contributed by atoms with Crippen molar-refractivity contribution in [1.29, 1.82) is 0 Å². The summed E-state index contributed by atoms with van der Waals surface area (Å²) in [5.74, 6) is -0.684. The first-order valence-corrected chi connectivity index (χ1v) is 11.7. The lowest BCUT2D eigenvalue weighted by Crippen LogP contribution is -2.14. The van der Waals surface area contributed by atoms with Gasteiger partial charge in [0.2, 0.25) is 0 Å². The Morgan fingerprint density at radius 3 is 2.67 bits per heavy atom. The van der Waals surface area contributed by atoms with Crippen LogP contribution >= 0.6 is 27.3 Å². The Kier molecular flexibility index (Phi) is 6.35. The number of amides is 1. The second-order valence-corrected chi connectivity index (χ2v) is 9.02. The molecule has 0 fully saturated rings. The summed E-state index contributed by atoms with van der Waals surface area (Å²) in [7, 11) is 0. The number of hydrogen-bond acceptors (Lipinski definition) is 4. The second-order valence-electron chi connectivity index (χ2n) is 7.23. The first kappa shape index (κ1) is 20.8. The van der Waals surface area contributed by atoms with E-state index in [0.717, 1.165) is 28.4 Å². The SMILES string of the molecule is CCOC(=O)c1c(-c2ccc3c(c2)CCCC3)csc1NC(=O)c1cccc(Br)c1. The summed E-state index contributed by atoms with van der Waals surface area (Å²) in [6.45, 7) is 2.06. The molecule has 6 heteroatoms. The number of thiophene rings is 1. The van der Waals surface area contributed by atoms with E-state index in [9.17, 15) is 9.59 Å². The molecule has 1 N–H and O–H groups in total. The van der Waals surface area contributed by atoms with Gasteiger partial charge in [0, 0.05) is 21.0 Å². The lowest BCUT2D eigenvalue weighted by molar-refractivity contribution is 0.0529. The van der Waals surface area contributed by atoms with Gasteiger partial charge in [0.1, 0.15) is 10.6 Å². The number of fused-ring (bicyclic) bond motifs is 1. The third-order valence-electron chi connectivity index (χ3n) is 5.24. The van der Waals surface area contributed by atoms with E-state index in [0.29, 0.717) is 16.1 Å². The molecule has 0 saturated heterocycles. The minimum Gasteiger partial charge on any atom is -0.462 e. The monoisotopic (exact) mass is 483 g/mol. The van der Waals surface area contributed by atoms with E-state index >= 15 is 0 Å². The molecule has 1 amide bonds. The average Bonchev–Trinajstić information content (AvgIpc) is 3.17. The van der Waals surface area contributed by atoms with Crippen LogP contribution in [-0.2, 0) is 17.6 Å². The number of rotatable bonds is 5. The highest BCUT2D eigenvalue weighted by Crippen LogP contribution is 2.38. The van der Waals surface area contributed by atoms with Gasteiger partial charge < -0.3 is 10.1 Å². The predicted molar refractivity (Wildman–Crippen MR) is 124 cm³/mol. The van der Waals surface area contributed by atoms with E-state index < -0.39 is 5.97 Å². The van der Waals surface area contributed by atoms with Crippen molar-refractivity contribution in [3.63, 3.8) is 0 Å². The molecule has 0 aliphatic heterocycles. The van der Waals surface area contributed by atoms with Crippen molar-refractivity contribution in [2.24, 2.45) is 0 Å². The molecule has 154 valence electrons. The van der Waals surface area contributed by atoms with Crippen LogP contribution in [0.1, 0.15) is 51.6 Å². The molecular weight excluding hydrogens is 462 g/mol. The Morgan fingerprint density at radius 2 is 1.90 bits per heavy atom. The minimum absolute atomic E-state index is 0.263. The molecule has 3 aromatic rings. The van der Waals surface area contributed by atoms with Crippen LogP contribution < -0.4 is 5.32 Å². The number of anilines is 1. The maximum absolute atomic E-state index is 12.8. The van der Waals surface area contributed by atoms with E-state index in [1.165, 1.54) is 35.3 Å².